The summed E-state index contributed by atoms with van der Waals surface area (Å²) in [4.78, 5) is 17.5. The van der Waals surface area contributed by atoms with Crippen molar-refractivity contribution in [2.75, 3.05) is 5.32 Å². The van der Waals surface area contributed by atoms with Crippen molar-refractivity contribution in [1.82, 2.24) is 9.38 Å². The molecule has 5 nitrogen and oxygen atoms in total. The highest BCUT2D eigenvalue weighted by Crippen LogP contribution is 2.25. The first-order valence-corrected chi connectivity index (χ1v) is 10.4. The lowest BCUT2D eigenvalue weighted by Gasteiger charge is -2.09. The quantitative estimate of drug-likeness (QED) is 0.342. The van der Waals surface area contributed by atoms with E-state index in [9.17, 15) is 9.18 Å². The molecular formula is C27H20FN3O2. The molecule has 0 fully saturated rings. The van der Waals surface area contributed by atoms with Gasteiger partial charge < -0.3 is 14.5 Å². The minimum absolute atomic E-state index is 0.262. The fraction of sp³-hybridized carbons (Fsp3) is 0.0370. The predicted octanol–water partition coefficient (Wildman–Crippen LogP) is 6.49. The van der Waals surface area contributed by atoms with Gasteiger partial charge in [-0.1, -0.05) is 18.2 Å². The van der Waals surface area contributed by atoms with Gasteiger partial charge >= 0.3 is 0 Å². The van der Waals surface area contributed by atoms with Gasteiger partial charge in [0.25, 0.3) is 5.91 Å². The standard InChI is InChI=1S/C27H20FN3O2/c1-18-12-13-31-17-25(30-26(31)14-18)19-4-2-6-22(15-19)29-27(32)20-5-3-7-24(16-20)33-23-10-8-21(28)9-11-23/h2-17H,1H3,(H,29,32). The van der Waals surface area contributed by atoms with Crippen LogP contribution in [0.5, 0.6) is 11.5 Å². The van der Waals surface area contributed by atoms with Gasteiger partial charge in [0.1, 0.15) is 23.0 Å². The second-order valence-corrected chi connectivity index (χ2v) is 7.71. The van der Waals surface area contributed by atoms with E-state index in [1.807, 2.05) is 60.1 Å². The number of fused-ring (bicyclic) bond motifs is 1. The second kappa shape index (κ2) is 8.59. The summed E-state index contributed by atoms with van der Waals surface area (Å²) in [7, 11) is 0. The lowest BCUT2D eigenvalue weighted by atomic mass is 10.1. The van der Waals surface area contributed by atoms with Crippen molar-refractivity contribution in [3.05, 3.63) is 114 Å². The van der Waals surface area contributed by atoms with Crippen molar-refractivity contribution in [1.29, 1.82) is 0 Å². The van der Waals surface area contributed by atoms with Crippen molar-refractivity contribution in [3.8, 4) is 22.8 Å². The lowest BCUT2D eigenvalue weighted by molar-refractivity contribution is 0.102. The molecule has 0 aliphatic heterocycles. The summed E-state index contributed by atoms with van der Waals surface area (Å²) in [5.74, 6) is 0.381. The molecule has 0 bridgehead atoms. The molecule has 2 heterocycles. The molecule has 0 spiro atoms. The third-order valence-electron chi connectivity index (χ3n) is 5.18. The third kappa shape index (κ3) is 4.60. The smallest absolute Gasteiger partial charge is 0.255 e. The van der Waals surface area contributed by atoms with Crippen LogP contribution in [-0.2, 0) is 0 Å². The first-order chi connectivity index (χ1) is 16.0. The van der Waals surface area contributed by atoms with Gasteiger partial charge in [0.2, 0.25) is 0 Å². The number of nitrogens with one attached hydrogen (secondary N) is 1. The molecule has 33 heavy (non-hydrogen) atoms. The number of rotatable bonds is 5. The molecule has 1 amide bonds. The number of hydrogen-bond donors (Lipinski definition) is 1. The molecule has 1 N–H and O–H groups in total. The summed E-state index contributed by atoms with van der Waals surface area (Å²) in [6.45, 7) is 2.03. The zero-order chi connectivity index (χ0) is 22.8. The summed E-state index contributed by atoms with van der Waals surface area (Å²) in [5, 5.41) is 2.93. The summed E-state index contributed by atoms with van der Waals surface area (Å²) < 4.78 is 20.8. The SMILES string of the molecule is Cc1ccn2cc(-c3cccc(NC(=O)c4cccc(Oc5ccc(F)cc5)c4)c3)nc2c1. The van der Waals surface area contributed by atoms with Crippen LogP contribution in [0.3, 0.4) is 0 Å². The van der Waals surface area contributed by atoms with Crippen LogP contribution >= 0.6 is 0 Å². The first-order valence-electron chi connectivity index (χ1n) is 10.4. The highest BCUT2D eigenvalue weighted by Gasteiger charge is 2.10. The molecule has 0 aliphatic carbocycles. The van der Waals surface area contributed by atoms with E-state index >= 15 is 0 Å². The molecule has 0 unspecified atom stereocenters. The monoisotopic (exact) mass is 437 g/mol. The summed E-state index contributed by atoms with van der Waals surface area (Å²) >= 11 is 0. The summed E-state index contributed by atoms with van der Waals surface area (Å²) in [5.41, 5.74) is 4.86. The number of imidazole rings is 1. The number of halogens is 1. The van der Waals surface area contributed by atoms with Gasteiger partial charge in [-0.3, -0.25) is 4.79 Å². The molecular weight excluding hydrogens is 417 g/mol. The summed E-state index contributed by atoms with van der Waals surface area (Å²) in [6.07, 6.45) is 3.94. The van der Waals surface area contributed by atoms with Gasteiger partial charge in [-0.15, -0.1) is 0 Å². The molecule has 2 aromatic heterocycles. The zero-order valence-electron chi connectivity index (χ0n) is 17.8. The molecule has 5 aromatic rings. The minimum Gasteiger partial charge on any atom is -0.457 e. The molecule has 0 radical (unpaired) electrons. The van der Waals surface area contributed by atoms with Crippen molar-refractivity contribution in [2.24, 2.45) is 0 Å². The maximum absolute atomic E-state index is 13.1. The van der Waals surface area contributed by atoms with Gasteiger partial charge in [0.15, 0.2) is 0 Å². The average molecular weight is 437 g/mol. The average Bonchev–Trinajstić information content (AvgIpc) is 3.24. The van der Waals surface area contributed by atoms with Crippen molar-refractivity contribution < 1.29 is 13.9 Å². The van der Waals surface area contributed by atoms with Crippen LogP contribution in [0.4, 0.5) is 10.1 Å². The Hall–Kier alpha value is -4.45. The fourth-order valence-electron chi connectivity index (χ4n) is 3.52. The molecule has 162 valence electrons. The maximum atomic E-state index is 13.1. The van der Waals surface area contributed by atoms with Crippen molar-refractivity contribution in [2.45, 2.75) is 6.92 Å². The Morgan fingerprint density at radius 1 is 0.939 bits per heavy atom. The number of nitrogens with zero attached hydrogens (tertiary/aromatic N) is 2. The van der Waals surface area contributed by atoms with Gasteiger partial charge in [-0.2, -0.15) is 0 Å². The topological polar surface area (TPSA) is 55.6 Å². The van der Waals surface area contributed by atoms with Gasteiger partial charge in [-0.25, -0.2) is 9.37 Å². The van der Waals surface area contributed by atoms with E-state index < -0.39 is 0 Å². The van der Waals surface area contributed by atoms with Crippen molar-refractivity contribution >= 4 is 17.2 Å². The van der Waals surface area contributed by atoms with Gasteiger partial charge in [0.05, 0.1) is 5.69 Å². The molecule has 6 heteroatoms. The Morgan fingerprint density at radius 2 is 1.76 bits per heavy atom. The number of carbonyl (C=O) groups is 1. The van der Waals surface area contributed by atoms with Crippen LogP contribution in [0, 0.1) is 12.7 Å². The lowest BCUT2D eigenvalue weighted by Crippen LogP contribution is -2.11. The van der Waals surface area contributed by atoms with Crippen molar-refractivity contribution in [3.63, 3.8) is 0 Å². The van der Waals surface area contributed by atoms with Gasteiger partial charge in [0, 0.05) is 29.2 Å². The van der Waals surface area contributed by atoms with Crippen LogP contribution in [0.1, 0.15) is 15.9 Å². The Bertz CT molecular complexity index is 1460. The normalized spacial score (nSPS) is 10.8. The second-order valence-electron chi connectivity index (χ2n) is 7.71. The number of ether oxygens (including phenoxy) is 1. The number of anilines is 1. The summed E-state index contributed by atoms with van der Waals surface area (Å²) in [6, 6.07) is 24.2. The number of carbonyl (C=O) groups excluding carboxylic acids is 1. The van der Waals surface area contributed by atoms with E-state index in [-0.39, 0.29) is 11.7 Å². The Balaban J connectivity index is 1.34. The first kappa shape index (κ1) is 20.5. The molecule has 0 saturated carbocycles. The third-order valence-corrected chi connectivity index (χ3v) is 5.18. The molecule has 0 aliphatic rings. The largest absolute Gasteiger partial charge is 0.457 e. The Labute approximate surface area is 190 Å². The number of aromatic nitrogens is 2. The maximum Gasteiger partial charge on any atom is 0.255 e. The molecule has 5 rings (SSSR count). The zero-order valence-corrected chi connectivity index (χ0v) is 17.8. The van der Waals surface area contributed by atoms with E-state index in [2.05, 4.69) is 10.3 Å². The highest BCUT2D eigenvalue weighted by molar-refractivity contribution is 6.04. The van der Waals surface area contributed by atoms with E-state index in [4.69, 9.17) is 4.74 Å². The number of benzene rings is 3. The molecule has 0 saturated heterocycles. The predicted molar refractivity (Wildman–Crippen MR) is 126 cm³/mol. The molecule has 0 atom stereocenters. The number of aryl methyl sites for hydroxylation is 1. The fourth-order valence-corrected chi connectivity index (χ4v) is 3.52. The number of hydrogen-bond acceptors (Lipinski definition) is 3. The van der Waals surface area contributed by atoms with E-state index in [0.717, 1.165) is 22.5 Å². The van der Waals surface area contributed by atoms with E-state index in [1.54, 1.807) is 24.3 Å². The van der Waals surface area contributed by atoms with Crippen LogP contribution in [-0.4, -0.2) is 15.3 Å². The number of amides is 1. The van der Waals surface area contributed by atoms with E-state index in [0.29, 0.717) is 22.7 Å². The van der Waals surface area contributed by atoms with Crippen LogP contribution in [0.25, 0.3) is 16.9 Å². The minimum atomic E-state index is -0.337. The Morgan fingerprint density at radius 3 is 2.61 bits per heavy atom. The highest BCUT2D eigenvalue weighted by atomic mass is 19.1. The van der Waals surface area contributed by atoms with Crippen LogP contribution in [0.15, 0.2) is 97.3 Å². The number of pyridine rings is 1. The van der Waals surface area contributed by atoms with Crippen LogP contribution < -0.4 is 10.1 Å². The van der Waals surface area contributed by atoms with Gasteiger partial charge in [-0.05, 0) is 79.2 Å². The van der Waals surface area contributed by atoms with E-state index in [1.165, 1.54) is 24.3 Å². The Kier molecular flexibility index (Phi) is 5.32. The van der Waals surface area contributed by atoms with Crippen LogP contribution in [0.2, 0.25) is 0 Å². The molecule has 3 aromatic carbocycles.